The zero-order valence-electron chi connectivity index (χ0n) is 7.83. The average Bonchev–Trinajstić information content (AvgIpc) is 2.15. The molecule has 1 aliphatic heterocycles. The van der Waals surface area contributed by atoms with E-state index in [0.29, 0.717) is 6.42 Å². The van der Waals surface area contributed by atoms with Gasteiger partial charge in [-0.3, -0.25) is 9.69 Å². The van der Waals surface area contributed by atoms with Crippen molar-refractivity contribution in [3.63, 3.8) is 0 Å². The second-order valence-electron chi connectivity index (χ2n) is 3.40. The van der Waals surface area contributed by atoms with Gasteiger partial charge in [0.15, 0.2) is 0 Å². The minimum absolute atomic E-state index is 0.0814. The summed E-state index contributed by atoms with van der Waals surface area (Å²) in [7, 11) is 0. The highest BCUT2D eigenvalue weighted by Crippen LogP contribution is 2.16. The van der Waals surface area contributed by atoms with E-state index in [-0.39, 0.29) is 11.9 Å². The summed E-state index contributed by atoms with van der Waals surface area (Å²) in [4.78, 5) is 13.2. The molecule has 1 fully saturated rings. The van der Waals surface area contributed by atoms with E-state index in [4.69, 9.17) is 12.2 Å². The second kappa shape index (κ2) is 4.88. The molecule has 1 aliphatic rings. The molecule has 0 aromatic heterocycles. The van der Waals surface area contributed by atoms with Gasteiger partial charge >= 0.3 is 0 Å². The van der Waals surface area contributed by atoms with Crippen LogP contribution in [0.1, 0.15) is 25.7 Å². The van der Waals surface area contributed by atoms with Gasteiger partial charge in [0.05, 0.1) is 6.04 Å². The first-order chi connectivity index (χ1) is 6.25. The Kier molecular flexibility index (Phi) is 3.78. The van der Waals surface area contributed by atoms with Crippen LogP contribution in [0.5, 0.6) is 0 Å². The van der Waals surface area contributed by atoms with E-state index in [1.807, 2.05) is 0 Å². The summed E-state index contributed by atoms with van der Waals surface area (Å²) < 4.78 is 0. The van der Waals surface area contributed by atoms with Crippen molar-refractivity contribution in [2.24, 2.45) is 5.73 Å². The summed E-state index contributed by atoms with van der Waals surface area (Å²) in [5.41, 5.74) is 5.30. The molecule has 0 bridgehead atoms. The molecule has 72 valence electrons. The Morgan fingerprint density at radius 2 is 2.38 bits per heavy atom. The highest BCUT2D eigenvalue weighted by Gasteiger charge is 2.25. The number of nitrogens with zero attached hydrogens (tertiary/aromatic N) is 1. The van der Waals surface area contributed by atoms with Crippen LogP contribution in [-0.4, -0.2) is 29.9 Å². The fourth-order valence-corrected chi connectivity index (χ4v) is 1.79. The van der Waals surface area contributed by atoms with Crippen molar-refractivity contribution in [3.8, 4) is 12.3 Å². The molecule has 1 rings (SSSR count). The molecule has 0 spiro atoms. The SMILES string of the molecule is C#CCCN1CCCCC1C(N)=O. The van der Waals surface area contributed by atoms with Crippen molar-refractivity contribution in [2.45, 2.75) is 31.7 Å². The quantitative estimate of drug-likeness (QED) is 0.637. The van der Waals surface area contributed by atoms with Crippen molar-refractivity contribution < 1.29 is 4.79 Å². The summed E-state index contributed by atoms with van der Waals surface area (Å²) in [5.74, 6) is 2.37. The zero-order chi connectivity index (χ0) is 9.68. The fraction of sp³-hybridized carbons (Fsp3) is 0.700. The first-order valence-corrected chi connectivity index (χ1v) is 4.72. The van der Waals surface area contributed by atoms with E-state index < -0.39 is 0 Å². The Morgan fingerprint density at radius 3 is 3.00 bits per heavy atom. The van der Waals surface area contributed by atoms with Crippen LogP contribution in [0.4, 0.5) is 0 Å². The van der Waals surface area contributed by atoms with Crippen molar-refractivity contribution in [3.05, 3.63) is 0 Å². The number of rotatable bonds is 3. The van der Waals surface area contributed by atoms with E-state index in [1.54, 1.807) is 0 Å². The van der Waals surface area contributed by atoms with E-state index in [0.717, 1.165) is 32.4 Å². The molecule has 1 amide bonds. The first-order valence-electron chi connectivity index (χ1n) is 4.72. The Hall–Kier alpha value is -1.01. The molecule has 0 aromatic rings. The normalized spacial score (nSPS) is 23.8. The summed E-state index contributed by atoms with van der Waals surface area (Å²) >= 11 is 0. The van der Waals surface area contributed by atoms with Crippen LogP contribution in [0.3, 0.4) is 0 Å². The van der Waals surface area contributed by atoms with Gasteiger partial charge in [-0.25, -0.2) is 0 Å². The standard InChI is InChI=1S/C10H16N2O/c1-2-3-7-12-8-5-4-6-9(12)10(11)13/h1,9H,3-8H2,(H2,11,13). The van der Waals surface area contributed by atoms with Crippen LogP contribution in [-0.2, 0) is 4.79 Å². The third kappa shape index (κ3) is 2.74. The van der Waals surface area contributed by atoms with Gasteiger partial charge in [-0.15, -0.1) is 12.3 Å². The van der Waals surface area contributed by atoms with Gasteiger partial charge < -0.3 is 5.73 Å². The van der Waals surface area contributed by atoms with Gasteiger partial charge in [0.1, 0.15) is 0 Å². The average molecular weight is 180 g/mol. The van der Waals surface area contributed by atoms with Crippen molar-refractivity contribution in [2.75, 3.05) is 13.1 Å². The maximum Gasteiger partial charge on any atom is 0.234 e. The minimum atomic E-state index is -0.211. The third-order valence-corrected chi connectivity index (χ3v) is 2.49. The van der Waals surface area contributed by atoms with Crippen molar-refractivity contribution in [1.82, 2.24) is 4.90 Å². The number of likely N-dealkylation sites (tertiary alicyclic amines) is 1. The van der Waals surface area contributed by atoms with Crippen LogP contribution in [0.15, 0.2) is 0 Å². The lowest BCUT2D eigenvalue weighted by molar-refractivity contribution is -0.124. The fourth-order valence-electron chi connectivity index (χ4n) is 1.79. The maximum absolute atomic E-state index is 11.1. The highest BCUT2D eigenvalue weighted by molar-refractivity contribution is 5.79. The molecule has 1 heterocycles. The largest absolute Gasteiger partial charge is 0.368 e. The number of hydrogen-bond acceptors (Lipinski definition) is 2. The van der Waals surface area contributed by atoms with Crippen LogP contribution in [0.25, 0.3) is 0 Å². The molecule has 0 aliphatic carbocycles. The van der Waals surface area contributed by atoms with Crippen LogP contribution < -0.4 is 5.73 Å². The Labute approximate surface area is 79.3 Å². The predicted octanol–water partition coefficient (Wildman–Crippen LogP) is 0.350. The molecule has 1 unspecified atom stereocenters. The molecule has 13 heavy (non-hydrogen) atoms. The maximum atomic E-state index is 11.1. The number of carbonyl (C=O) groups is 1. The van der Waals surface area contributed by atoms with Gasteiger partial charge in [-0.2, -0.15) is 0 Å². The molecule has 2 N–H and O–H groups in total. The lowest BCUT2D eigenvalue weighted by Gasteiger charge is -2.32. The second-order valence-corrected chi connectivity index (χ2v) is 3.40. The first kappa shape index (κ1) is 10.1. The Bertz CT molecular complexity index is 219. The Balaban J connectivity index is 2.47. The monoisotopic (exact) mass is 180 g/mol. The van der Waals surface area contributed by atoms with E-state index in [1.165, 1.54) is 0 Å². The van der Waals surface area contributed by atoms with Gasteiger partial charge in [-0.1, -0.05) is 6.42 Å². The number of amides is 1. The van der Waals surface area contributed by atoms with Crippen molar-refractivity contribution >= 4 is 5.91 Å². The summed E-state index contributed by atoms with van der Waals surface area (Å²) in [6.07, 6.45) is 9.01. The number of primary amides is 1. The van der Waals surface area contributed by atoms with Crippen LogP contribution >= 0.6 is 0 Å². The van der Waals surface area contributed by atoms with Gasteiger partial charge in [0.25, 0.3) is 0 Å². The molecule has 1 atom stereocenters. The van der Waals surface area contributed by atoms with E-state index in [2.05, 4.69) is 10.8 Å². The van der Waals surface area contributed by atoms with Crippen molar-refractivity contribution in [1.29, 1.82) is 0 Å². The molecular formula is C10H16N2O. The Morgan fingerprint density at radius 1 is 1.62 bits per heavy atom. The molecular weight excluding hydrogens is 164 g/mol. The summed E-state index contributed by atoms with van der Waals surface area (Å²) in [5, 5.41) is 0. The van der Waals surface area contributed by atoms with Gasteiger partial charge in [0.2, 0.25) is 5.91 Å². The summed E-state index contributed by atoms with van der Waals surface area (Å²) in [6.45, 7) is 1.75. The lowest BCUT2D eigenvalue weighted by atomic mass is 10.0. The van der Waals surface area contributed by atoms with E-state index in [9.17, 15) is 4.79 Å². The molecule has 3 nitrogen and oxygen atoms in total. The minimum Gasteiger partial charge on any atom is -0.368 e. The van der Waals surface area contributed by atoms with E-state index >= 15 is 0 Å². The predicted molar refractivity (Wildman–Crippen MR) is 51.9 cm³/mol. The molecule has 0 aromatic carbocycles. The third-order valence-electron chi connectivity index (χ3n) is 2.49. The number of hydrogen-bond donors (Lipinski definition) is 1. The number of nitrogens with two attached hydrogens (primary N) is 1. The lowest BCUT2D eigenvalue weighted by Crippen LogP contribution is -2.47. The number of piperidine rings is 1. The number of terminal acetylenes is 1. The van der Waals surface area contributed by atoms with Crippen LogP contribution in [0, 0.1) is 12.3 Å². The smallest absolute Gasteiger partial charge is 0.234 e. The van der Waals surface area contributed by atoms with Crippen LogP contribution in [0.2, 0.25) is 0 Å². The topological polar surface area (TPSA) is 46.3 Å². The highest BCUT2D eigenvalue weighted by atomic mass is 16.1. The molecule has 0 saturated carbocycles. The van der Waals surface area contributed by atoms with Gasteiger partial charge in [0, 0.05) is 13.0 Å². The summed E-state index contributed by atoms with van der Waals surface area (Å²) in [6, 6.07) is -0.0814. The number of carbonyl (C=O) groups excluding carboxylic acids is 1. The van der Waals surface area contributed by atoms with Gasteiger partial charge in [-0.05, 0) is 19.4 Å². The molecule has 0 radical (unpaired) electrons. The zero-order valence-corrected chi connectivity index (χ0v) is 7.83. The molecule has 3 heteroatoms. The molecule has 1 saturated heterocycles.